The molecule has 158 valence electrons. The lowest BCUT2D eigenvalue weighted by Crippen LogP contribution is -2.41. The van der Waals surface area contributed by atoms with E-state index in [2.05, 4.69) is 15.5 Å². The smallest absolute Gasteiger partial charge is 0.234 e. The predicted octanol–water partition coefficient (Wildman–Crippen LogP) is 2.30. The lowest BCUT2D eigenvalue weighted by atomic mass is 9.90. The molecule has 3 aliphatic heterocycles. The zero-order valence-electron chi connectivity index (χ0n) is 17.2. The summed E-state index contributed by atoms with van der Waals surface area (Å²) in [5.74, 6) is 1.75. The average molecular weight is 400 g/mol. The topological polar surface area (TPSA) is 70.7 Å². The van der Waals surface area contributed by atoms with E-state index in [4.69, 9.17) is 4.74 Å². The number of nitrogens with zero attached hydrogens (tertiary/aromatic N) is 1. The van der Waals surface area contributed by atoms with Gasteiger partial charge in [-0.2, -0.15) is 0 Å². The summed E-state index contributed by atoms with van der Waals surface area (Å²) in [6.07, 6.45) is 6.04. The molecule has 29 heavy (non-hydrogen) atoms. The number of likely N-dealkylation sites (tertiary alicyclic amines) is 1. The van der Waals surface area contributed by atoms with E-state index in [0.29, 0.717) is 18.8 Å². The van der Waals surface area contributed by atoms with Crippen LogP contribution in [0.15, 0.2) is 24.3 Å². The van der Waals surface area contributed by atoms with Gasteiger partial charge in [0.2, 0.25) is 11.8 Å². The summed E-state index contributed by atoms with van der Waals surface area (Å²) in [4.78, 5) is 25.9. The molecule has 6 heteroatoms. The summed E-state index contributed by atoms with van der Waals surface area (Å²) < 4.78 is 6.04. The van der Waals surface area contributed by atoms with E-state index >= 15 is 0 Å². The van der Waals surface area contributed by atoms with Gasteiger partial charge in [-0.05, 0) is 87.8 Å². The number of piperidine rings is 3. The highest BCUT2D eigenvalue weighted by Crippen LogP contribution is 2.27. The van der Waals surface area contributed by atoms with Crippen molar-refractivity contribution in [2.45, 2.75) is 44.4 Å². The molecular formula is C23H33N3O3. The van der Waals surface area contributed by atoms with Crippen LogP contribution in [-0.4, -0.2) is 56.0 Å². The first-order valence-corrected chi connectivity index (χ1v) is 11.2. The summed E-state index contributed by atoms with van der Waals surface area (Å²) in [5, 5.41) is 5.87. The van der Waals surface area contributed by atoms with Crippen LogP contribution >= 0.6 is 0 Å². The molecule has 3 saturated heterocycles. The van der Waals surface area contributed by atoms with Gasteiger partial charge in [0.15, 0.2) is 0 Å². The van der Waals surface area contributed by atoms with Crippen molar-refractivity contribution in [3.63, 3.8) is 0 Å². The number of hydrogen-bond acceptors (Lipinski definition) is 5. The minimum absolute atomic E-state index is 0.173. The van der Waals surface area contributed by atoms with Crippen LogP contribution in [0.5, 0.6) is 5.75 Å². The fourth-order valence-electron chi connectivity index (χ4n) is 4.79. The molecule has 2 N–H and O–H groups in total. The number of rotatable bonds is 6. The Labute approximate surface area is 173 Å². The van der Waals surface area contributed by atoms with Gasteiger partial charge in [-0.3, -0.25) is 14.9 Å². The number of hydrogen-bond donors (Lipinski definition) is 2. The van der Waals surface area contributed by atoms with Crippen molar-refractivity contribution in [1.29, 1.82) is 0 Å². The average Bonchev–Trinajstić information content (AvgIpc) is 2.75. The maximum atomic E-state index is 12.0. The monoisotopic (exact) mass is 399 g/mol. The first kappa shape index (κ1) is 20.4. The van der Waals surface area contributed by atoms with E-state index < -0.39 is 0 Å². The quantitative estimate of drug-likeness (QED) is 0.719. The summed E-state index contributed by atoms with van der Waals surface area (Å²) in [6, 6.07) is 7.81. The van der Waals surface area contributed by atoms with Crippen molar-refractivity contribution in [1.82, 2.24) is 15.5 Å². The second kappa shape index (κ2) is 9.72. The van der Waals surface area contributed by atoms with Crippen LogP contribution in [0.1, 0.15) is 50.0 Å². The molecule has 0 unspecified atom stereocenters. The molecule has 1 aromatic carbocycles. The highest BCUT2D eigenvalue weighted by atomic mass is 16.5. The van der Waals surface area contributed by atoms with Crippen molar-refractivity contribution < 1.29 is 14.3 Å². The zero-order chi connectivity index (χ0) is 20.1. The molecule has 0 aromatic heterocycles. The maximum absolute atomic E-state index is 12.0. The molecule has 6 nitrogen and oxygen atoms in total. The Balaban J connectivity index is 1.19. The van der Waals surface area contributed by atoms with Crippen molar-refractivity contribution in [3.05, 3.63) is 29.8 Å². The zero-order valence-corrected chi connectivity index (χ0v) is 17.2. The summed E-state index contributed by atoms with van der Waals surface area (Å²) in [7, 11) is 0. The highest BCUT2D eigenvalue weighted by Gasteiger charge is 2.28. The highest BCUT2D eigenvalue weighted by molar-refractivity contribution is 6.00. The first-order valence-electron chi connectivity index (χ1n) is 11.2. The SMILES string of the molecule is O=C1CC[C@@H](c2ccc(OCC3CCN(CC4CCNCC4)CC3)cc2)C(=O)N1. The minimum Gasteiger partial charge on any atom is -0.493 e. The van der Waals surface area contributed by atoms with E-state index in [-0.39, 0.29) is 17.7 Å². The molecule has 0 radical (unpaired) electrons. The summed E-state index contributed by atoms with van der Waals surface area (Å²) >= 11 is 0. The molecule has 3 aliphatic rings. The van der Waals surface area contributed by atoms with E-state index in [0.717, 1.165) is 23.8 Å². The van der Waals surface area contributed by atoms with Gasteiger partial charge in [0.05, 0.1) is 12.5 Å². The molecule has 1 atom stereocenters. The van der Waals surface area contributed by atoms with Gasteiger partial charge in [-0.1, -0.05) is 12.1 Å². The fraction of sp³-hybridized carbons (Fsp3) is 0.652. The van der Waals surface area contributed by atoms with Crippen LogP contribution < -0.4 is 15.4 Å². The van der Waals surface area contributed by atoms with Crippen molar-refractivity contribution >= 4 is 11.8 Å². The lowest BCUT2D eigenvalue weighted by Gasteiger charge is -2.35. The second-order valence-electron chi connectivity index (χ2n) is 8.82. The normalized spacial score (nSPS) is 25.0. The van der Waals surface area contributed by atoms with Gasteiger partial charge in [0.25, 0.3) is 0 Å². The van der Waals surface area contributed by atoms with Crippen LogP contribution in [0.4, 0.5) is 0 Å². The number of benzene rings is 1. The van der Waals surface area contributed by atoms with Gasteiger partial charge >= 0.3 is 0 Å². The maximum Gasteiger partial charge on any atom is 0.234 e. The molecule has 1 aromatic rings. The predicted molar refractivity (Wildman–Crippen MR) is 112 cm³/mol. The van der Waals surface area contributed by atoms with Crippen LogP contribution in [0.25, 0.3) is 0 Å². The van der Waals surface area contributed by atoms with Crippen LogP contribution in [0, 0.1) is 11.8 Å². The number of ether oxygens (including phenoxy) is 1. The molecular weight excluding hydrogens is 366 g/mol. The van der Waals surface area contributed by atoms with E-state index in [1.54, 1.807) is 0 Å². The third-order valence-electron chi connectivity index (χ3n) is 6.69. The molecule has 3 fully saturated rings. The minimum atomic E-state index is -0.231. The summed E-state index contributed by atoms with van der Waals surface area (Å²) in [6.45, 7) is 6.75. The van der Waals surface area contributed by atoms with Gasteiger partial charge < -0.3 is 15.0 Å². The van der Waals surface area contributed by atoms with E-state index in [9.17, 15) is 9.59 Å². The Bertz CT molecular complexity index is 692. The third-order valence-corrected chi connectivity index (χ3v) is 6.69. The number of imide groups is 1. The standard InChI is InChI=1S/C23H33N3O3/c27-22-6-5-21(23(28)25-22)19-1-3-20(4-2-19)29-16-18-9-13-26(14-10-18)15-17-7-11-24-12-8-17/h1-4,17-18,21,24H,5-16H2,(H,25,27,28)/t21-/m0/s1. The van der Waals surface area contributed by atoms with Crippen LogP contribution in [0.2, 0.25) is 0 Å². The van der Waals surface area contributed by atoms with Gasteiger partial charge in [-0.15, -0.1) is 0 Å². The summed E-state index contributed by atoms with van der Waals surface area (Å²) in [5.41, 5.74) is 0.952. The molecule has 0 spiro atoms. The first-order chi connectivity index (χ1) is 14.2. The van der Waals surface area contributed by atoms with Gasteiger partial charge in [0, 0.05) is 13.0 Å². The molecule has 0 aliphatic carbocycles. The molecule has 0 saturated carbocycles. The molecule has 4 rings (SSSR count). The second-order valence-corrected chi connectivity index (χ2v) is 8.82. The van der Waals surface area contributed by atoms with Gasteiger partial charge in [-0.25, -0.2) is 0 Å². The van der Waals surface area contributed by atoms with Crippen LogP contribution in [0.3, 0.4) is 0 Å². The van der Waals surface area contributed by atoms with E-state index in [1.165, 1.54) is 58.4 Å². The number of amides is 2. The fourth-order valence-corrected chi connectivity index (χ4v) is 4.79. The third kappa shape index (κ3) is 5.58. The number of carbonyl (C=O) groups excluding carboxylic acids is 2. The van der Waals surface area contributed by atoms with Crippen molar-refractivity contribution in [2.75, 3.05) is 39.3 Å². The Morgan fingerprint density at radius 3 is 2.34 bits per heavy atom. The van der Waals surface area contributed by atoms with Gasteiger partial charge in [0.1, 0.15) is 5.75 Å². The lowest BCUT2D eigenvalue weighted by molar-refractivity contribution is -0.134. The van der Waals surface area contributed by atoms with E-state index in [1.807, 2.05) is 24.3 Å². The molecule has 0 bridgehead atoms. The number of carbonyl (C=O) groups is 2. The van der Waals surface area contributed by atoms with Crippen LogP contribution in [-0.2, 0) is 9.59 Å². The Morgan fingerprint density at radius 1 is 0.931 bits per heavy atom. The Morgan fingerprint density at radius 2 is 1.66 bits per heavy atom. The molecule has 3 heterocycles. The Kier molecular flexibility index (Phi) is 6.82. The molecule has 2 amide bonds. The Hall–Kier alpha value is -1.92. The number of nitrogens with one attached hydrogen (secondary N) is 2. The largest absolute Gasteiger partial charge is 0.493 e. The van der Waals surface area contributed by atoms with Crippen molar-refractivity contribution in [2.24, 2.45) is 11.8 Å². The van der Waals surface area contributed by atoms with Crippen molar-refractivity contribution in [3.8, 4) is 5.75 Å².